The number of thioether (sulfide) groups is 8. The van der Waals surface area contributed by atoms with Gasteiger partial charge in [0.05, 0.1) is 78.3 Å². The average molecular weight is 887 g/mol. The first-order valence-corrected chi connectivity index (χ1v) is 27.7. The Bertz CT molecular complexity index is 1410. The molecule has 0 unspecified atom stereocenters. The van der Waals surface area contributed by atoms with E-state index < -0.39 is 8.32 Å². The number of ether oxygens (including phenoxy) is 4. The van der Waals surface area contributed by atoms with E-state index in [4.69, 9.17) is 23.4 Å². The van der Waals surface area contributed by atoms with Crippen LogP contribution >= 0.6 is 94.1 Å². The lowest BCUT2D eigenvalue weighted by Gasteiger charge is -2.43. The molecular formula is C39H54O5S8Si. The van der Waals surface area contributed by atoms with Crippen LogP contribution < -0.4 is 10.4 Å². The van der Waals surface area contributed by atoms with Crippen molar-refractivity contribution < 1.29 is 23.4 Å². The number of unbranched alkanes of at least 4 members (excludes halogenated alkanes) is 3. The van der Waals surface area contributed by atoms with E-state index in [2.05, 4.69) is 87.7 Å². The molecule has 0 amide bonds. The molecule has 0 N–H and O–H groups in total. The van der Waals surface area contributed by atoms with Crippen LogP contribution in [0.25, 0.3) is 0 Å². The van der Waals surface area contributed by atoms with Gasteiger partial charge in [0.25, 0.3) is 8.32 Å². The normalized spacial score (nSPS) is 19.4. The molecule has 0 bridgehead atoms. The lowest BCUT2D eigenvalue weighted by Crippen LogP contribution is -2.66. The highest BCUT2D eigenvalue weighted by atomic mass is 32.3. The molecule has 3 aliphatic heterocycles. The van der Waals surface area contributed by atoms with E-state index in [-0.39, 0.29) is 5.04 Å². The standard InChI is InChI=1S/C39H54O5S8Si/c1-39(2,3)53(31-15-9-7-10-16-31,32-17-11-8-12-18-32)44-19-13-5-6-14-28-46-34-33(45-4)49-37(50-34)38-51-35-36(52-38)48-30-27-43-25-23-41-21-20-40-22-24-42-26-29-47-35/h7-12,15-18H,5-6,13-14,19-30H2,1-4H3. The molecule has 0 saturated carbocycles. The molecule has 0 aliphatic carbocycles. The highest BCUT2D eigenvalue weighted by Gasteiger charge is 2.50. The fourth-order valence-electron chi connectivity index (χ4n) is 5.96. The Hall–Kier alpha value is 0.477. The molecule has 2 aromatic carbocycles. The fraction of sp³-hybridized carbons (Fsp3) is 0.538. The minimum Gasteiger partial charge on any atom is -0.407 e. The average Bonchev–Trinajstić information content (AvgIpc) is 3.77. The van der Waals surface area contributed by atoms with Crippen molar-refractivity contribution in [3.05, 3.63) is 86.1 Å². The Morgan fingerprint density at radius 1 is 0.585 bits per heavy atom. The largest absolute Gasteiger partial charge is 0.407 e. The summed E-state index contributed by atoms with van der Waals surface area (Å²) >= 11 is 15.6. The molecule has 0 atom stereocenters. The molecule has 2 aromatic rings. The van der Waals surface area contributed by atoms with E-state index in [1.54, 1.807) is 0 Å². The van der Waals surface area contributed by atoms with Crippen molar-refractivity contribution in [2.45, 2.75) is 51.5 Å². The molecule has 3 aliphatic rings. The smallest absolute Gasteiger partial charge is 0.261 e. The van der Waals surface area contributed by atoms with Crippen molar-refractivity contribution in [3.63, 3.8) is 0 Å². The van der Waals surface area contributed by atoms with Crippen molar-refractivity contribution in [2.24, 2.45) is 0 Å². The van der Waals surface area contributed by atoms with Gasteiger partial charge in [-0.1, -0.05) is 141 Å². The topological polar surface area (TPSA) is 46.2 Å². The fourth-order valence-corrected chi connectivity index (χ4v) is 22.1. The third-order valence-corrected chi connectivity index (χ3v) is 24.9. The minimum atomic E-state index is -2.46. The van der Waals surface area contributed by atoms with E-state index >= 15 is 0 Å². The summed E-state index contributed by atoms with van der Waals surface area (Å²) in [5.41, 5.74) is 0. The summed E-state index contributed by atoms with van der Waals surface area (Å²) in [5.74, 6) is 3.04. The van der Waals surface area contributed by atoms with Gasteiger partial charge in [-0.3, -0.25) is 0 Å². The van der Waals surface area contributed by atoms with Crippen LogP contribution in [-0.4, -0.2) is 91.3 Å². The molecule has 0 spiro atoms. The first-order chi connectivity index (χ1) is 25.9. The molecule has 14 heteroatoms. The monoisotopic (exact) mass is 886 g/mol. The second kappa shape index (κ2) is 24.4. The first-order valence-electron chi connectivity index (χ1n) is 18.3. The van der Waals surface area contributed by atoms with Crippen molar-refractivity contribution in [1.29, 1.82) is 0 Å². The predicted octanol–water partition coefficient (Wildman–Crippen LogP) is 11.1. The summed E-state index contributed by atoms with van der Waals surface area (Å²) < 4.78 is 38.6. The lowest BCUT2D eigenvalue weighted by molar-refractivity contribution is 0.00147. The summed E-state index contributed by atoms with van der Waals surface area (Å²) in [6, 6.07) is 22.0. The van der Waals surface area contributed by atoms with Crippen LogP contribution in [0.4, 0.5) is 0 Å². The Labute approximate surface area is 353 Å². The zero-order valence-corrected chi connectivity index (χ0v) is 38.9. The van der Waals surface area contributed by atoms with Gasteiger partial charge in [-0.15, -0.1) is 47.0 Å². The Balaban J connectivity index is 1.08. The molecule has 0 aromatic heterocycles. The van der Waals surface area contributed by atoms with Crippen molar-refractivity contribution in [2.75, 3.05) is 83.0 Å². The van der Waals surface area contributed by atoms with Gasteiger partial charge in [-0.2, -0.15) is 0 Å². The van der Waals surface area contributed by atoms with Crippen LogP contribution in [-0.2, 0) is 23.4 Å². The van der Waals surface area contributed by atoms with E-state index in [0.29, 0.717) is 39.6 Å². The molecular weight excluding hydrogens is 833 g/mol. The van der Waals surface area contributed by atoms with E-state index in [0.717, 1.165) is 43.5 Å². The molecule has 0 radical (unpaired) electrons. The summed E-state index contributed by atoms with van der Waals surface area (Å²) in [5, 5.41) is 2.74. The molecule has 292 valence electrons. The maximum Gasteiger partial charge on any atom is 0.261 e. The van der Waals surface area contributed by atoms with E-state index in [1.165, 1.54) is 55.1 Å². The summed E-state index contributed by atoms with van der Waals surface area (Å²) in [4.78, 5) is 0. The molecule has 3 heterocycles. The molecule has 53 heavy (non-hydrogen) atoms. The van der Waals surface area contributed by atoms with Crippen LogP contribution in [0.1, 0.15) is 46.5 Å². The van der Waals surface area contributed by atoms with Gasteiger partial charge in [0.15, 0.2) is 0 Å². The third kappa shape index (κ3) is 13.8. The van der Waals surface area contributed by atoms with Gasteiger partial charge < -0.3 is 23.4 Å². The summed E-state index contributed by atoms with van der Waals surface area (Å²) in [7, 11) is -2.46. The number of hydrogen-bond acceptors (Lipinski definition) is 13. The summed E-state index contributed by atoms with van der Waals surface area (Å²) in [6.07, 6.45) is 6.96. The van der Waals surface area contributed by atoms with Crippen molar-refractivity contribution in [3.8, 4) is 0 Å². The molecule has 0 fully saturated rings. The maximum atomic E-state index is 7.12. The quantitative estimate of drug-likeness (QED) is 0.150. The highest BCUT2D eigenvalue weighted by molar-refractivity contribution is 8.45. The Morgan fingerprint density at radius 2 is 1.06 bits per heavy atom. The Morgan fingerprint density at radius 3 is 1.57 bits per heavy atom. The maximum absolute atomic E-state index is 7.12. The minimum absolute atomic E-state index is 0.0202. The summed E-state index contributed by atoms with van der Waals surface area (Å²) in [6.45, 7) is 13.0. The van der Waals surface area contributed by atoms with Gasteiger partial charge in [0.1, 0.15) is 0 Å². The van der Waals surface area contributed by atoms with Crippen LogP contribution in [0.3, 0.4) is 0 Å². The lowest BCUT2D eigenvalue weighted by atomic mass is 10.2. The molecule has 5 rings (SSSR count). The van der Waals surface area contributed by atoms with E-state index in [1.807, 2.05) is 94.1 Å². The van der Waals surface area contributed by atoms with Crippen LogP contribution in [0.15, 0.2) is 86.1 Å². The highest BCUT2D eigenvalue weighted by Crippen LogP contribution is 2.66. The predicted molar refractivity (Wildman–Crippen MR) is 248 cm³/mol. The van der Waals surface area contributed by atoms with Crippen LogP contribution in [0, 0.1) is 0 Å². The van der Waals surface area contributed by atoms with Crippen molar-refractivity contribution >= 4 is 113 Å². The second-order valence-corrected chi connectivity index (χ2v) is 27.3. The molecule has 0 saturated heterocycles. The van der Waals surface area contributed by atoms with Crippen LogP contribution in [0.2, 0.25) is 5.04 Å². The van der Waals surface area contributed by atoms with Gasteiger partial charge >= 0.3 is 0 Å². The second-order valence-electron chi connectivity index (χ2n) is 13.3. The van der Waals surface area contributed by atoms with Crippen molar-refractivity contribution in [1.82, 2.24) is 0 Å². The van der Waals surface area contributed by atoms with Gasteiger partial charge in [0.2, 0.25) is 0 Å². The van der Waals surface area contributed by atoms with Crippen LogP contribution in [0.5, 0.6) is 0 Å². The third-order valence-electron chi connectivity index (χ3n) is 8.47. The zero-order chi connectivity index (χ0) is 37.2. The molecule has 5 nitrogen and oxygen atoms in total. The van der Waals surface area contributed by atoms with Gasteiger partial charge in [-0.25, -0.2) is 0 Å². The first kappa shape index (κ1) is 44.6. The number of hydrogen-bond donors (Lipinski definition) is 0. The zero-order valence-electron chi connectivity index (χ0n) is 31.4. The Kier molecular flexibility index (Phi) is 20.5. The van der Waals surface area contributed by atoms with Gasteiger partial charge in [-0.05, 0) is 40.3 Å². The van der Waals surface area contributed by atoms with Gasteiger partial charge in [0, 0.05) is 18.1 Å². The number of benzene rings is 2. The SMILES string of the molecule is CSC1=C(SCCCCCCO[Si](c2ccccc2)(c2ccccc2)C(C)(C)C)SC(=C2SC3=C(SCCOCCOCCOCCOCCS3)S2)S1. The van der Waals surface area contributed by atoms with E-state index in [9.17, 15) is 0 Å². The number of rotatable bonds is 12.